The summed E-state index contributed by atoms with van der Waals surface area (Å²) in [7, 11) is 0. The molecule has 0 radical (unpaired) electrons. The molecule has 29 heavy (non-hydrogen) atoms. The van der Waals surface area contributed by atoms with E-state index >= 15 is 0 Å². The van der Waals surface area contributed by atoms with Crippen molar-refractivity contribution >= 4 is 42.9 Å². The van der Waals surface area contributed by atoms with Gasteiger partial charge in [-0.05, 0) is 64.7 Å². The Morgan fingerprint density at radius 1 is 0.862 bits per heavy atom. The van der Waals surface area contributed by atoms with Crippen LogP contribution in [0, 0.1) is 0 Å². The lowest BCUT2D eigenvalue weighted by Gasteiger charge is -2.12. The molecule has 0 fully saturated rings. The highest BCUT2D eigenvalue weighted by Crippen LogP contribution is 2.33. The number of nitrogens with zero attached hydrogens (tertiary/aromatic N) is 2. The normalized spacial score (nSPS) is 11.3. The number of benzene rings is 3. The van der Waals surface area contributed by atoms with Crippen molar-refractivity contribution in [3.8, 4) is 17.1 Å². The van der Waals surface area contributed by atoms with Crippen LogP contribution in [0.25, 0.3) is 28.1 Å². The van der Waals surface area contributed by atoms with E-state index in [0.29, 0.717) is 0 Å². The lowest BCUT2D eigenvalue weighted by atomic mass is 10.0. The molecule has 148 valence electrons. The number of para-hydroxylation sites is 2. The van der Waals surface area contributed by atoms with Gasteiger partial charge in [0, 0.05) is 14.5 Å². The molecular formula is C25H24Br2N2. The second-order valence-corrected chi connectivity index (χ2v) is 9.13. The third-order valence-corrected chi connectivity index (χ3v) is 6.40. The van der Waals surface area contributed by atoms with E-state index in [-0.39, 0.29) is 0 Å². The maximum Gasteiger partial charge on any atom is 0.145 e. The first kappa shape index (κ1) is 20.4. The molecular weight excluding hydrogens is 488 g/mol. The molecule has 1 heterocycles. The fourth-order valence-electron chi connectivity index (χ4n) is 3.70. The van der Waals surface area contributed by atoms with Crippen molar-refractivity contribution in [3.05, 3.63) is 81.2 Å². The van der Waals surface area contributed by atoms with Gasteiger partial charge in [0.2, 0.25) is 0 Å². The standard InChI is InChI=1S/C25H24Br2N2/c1-2-3-4-5-8-18-11-13-19(14-12-18)25-28-22-9-6-7-10-23(22)29(25)24-17-20(26)15-16-21(24)27/h6-7,9-17H,2-5,8H2,1H3. The molecule has 0 bridgehead atoms. The summed E-state index contributed by atoms with van der Waals surface area (Å²) in [6, 6.07) is 23.5. The molecule has 0 aliphatic carbocycles. The van der Waals surface area contributed by atoms with Gasteiger partial charge in [0.15, 0.2) is 0 Å². The Labute approximate surface area is 189 Å². The molecule has 0 unspecified atom stereocenters. The van der Waals surface area contributed by atoms with Gasteiger partial charge in [0.25, 0.3) is 0 Å². The van der Waals surface area contributed by atoms with Crippen LogP contribution in [0.3, 0.4) is 0 Å². The quantitative estimate of drug-likeness (QED) is 0.228. The van der Waals surface area contributed by atoms with E-state index in [1.807, 2.05) is 12.1 Å². The Morgan fingerprint density at radius 2 is 1.66 bits per heavy atom. The maximum absolute atomic E-state index is 4.97. The van der Waals surface area contributed by atoms with Crippen LogP contribution in [0.2, 0.25) is 0 Å². The lowest BCUT2D eigenvalue weighted by molar-refractivity contribution is 0.667. The maximum atomic E-state index is 4.97. The predicted molar refractivity (Wildman–Crippen MR) is 130 cm³/mol. The van der Waals surface area contributed by atoms with Crippen LogP contribution in [0.1, 0.15) is 38.2 Å². The molecule has 0 spiro atoms. The van der Waals surface area contributed by atoms with Crippen molar-refractivity contribution in [2.24, 2.45) is 0 Å². The fourth-order valence-corrected chi connectivity index (χ4v) is 4.47. The van der Waals surface area contributed by atoms with Gasteiger partial charge in [0.05, 0.1) is 16.7 Å². The molecule has 0 atom stereocenters. The largest absolute Gasteiger partial charge is 0.291 e. The Kier molecular flexibility index (Phi) is 6.51. The van der Waals surface area contributed by atoms with E-state index in [1.165, 1.54) is 31.2 Å². The molecule has 0 saturated heterocycles. The first-order valence-corrected chi connectivity index (χ1v) is 11.8. The second-order valence-electron chi connectivity index (χ2n) is 7.36. The van der Waals surface area contributed by atoms with Gasteiger partial charge in [-0.15, -0.1) is 0 Å². The van der Waals surface area contributed by atoms with Crippen LogP contribution in [-0.2, 0) is 6.42 Å². The summed E-state index contributed by atoms with van der Waals surface area (Å²) in [5.41, 5.74) is 5.70. The zero-order valence-electron chi connectivity index (χ0n) is 16.5. The highest BCUT2D eigenvalue weighted by atomic mass is 79.9. The van der Waals surface area contributed by atoms with Gasteiger partial charge in [-0.25, -0.2) is 4.98 Å². The molecule has 1 aromatic heterocycles. The van der Waals surface area contributed by atoms with Gasteiger partial charge in [-0.1, -0.05) is 78.5 Å². The number of rotatable bonds is 7. The van der Waals surface area contributed by atoms with E-state index in [4.69, 9.17) is 4.98 Å². The first-order valence-electron chi connectivity index (χ1n) is 10.2. The minimum Gasteiger partial charge on any atom is -0.291 e. The monoisotopic (exact) mass is 510 g/mol. The Balaban J connectivity index is 1.75. The second kappa shape index (κ2) is 9.27. The van der Waals surface area contributed by atoms with Gasteiger partial charge >= 0.3 is 0 Å². The number of halogens is 2. The average molecular weight is 512 g/mol. The summed E-state index contributed by atoms with van der Waals surface area (Å²) >= 11 is 7.34. The van der Waals surface area contributed by atoms with Gasteiger partial charge in [-0.2, -0.15) is 0 Å². The van der Waals surface area contributed by atoms with Gasteiger partial charge in [0.1, 0.15) is 5.82 Å². The number of hydrogen-bond acceptors (Lipinski definition) is 1. The van der Waals surface area contributed by atoms with E-state index < -0.39 is 0 Å². The topological polar surface area (TPSA) is 17.8 Å². The fraction of sp³-hybridized carbons (Fsp3) is 0.240. The van der Waals surface area contributed by atoms with Crippen LogP contribution < -0.4 is 0 Å². The predicted octanol–water partition coefficient (Wildman–Crippen LogP) is 8.34. The average Bonchev–Trinajstić information content (AvgIpc) is 3.13. The van der Waals surface area contributed by atoms with Gasteiger partial charge in [-0.3, -0.25) is 4.57 Å². The van der Waals surface area contributed by atoms with Crippen molar-refractivity contribution in [2.75, 3.05) is 0 Å². The molecule has 0 aliphatic rings. The van der Waals surface area contributed by atoms with E-state index in [9.17, 15) is 0 Å². The number of hydrogen-bond donors (Lipinski definition) is 0. The Bertz CT molecular complexity index is 1110. The number of unbranched alkanes of at least 4 members (excludes halogenated alkanes) is 3. The molecule has 0 saturated carbocycles. The number of fused-ring (bicyclic) bond motifs is 1. The zero-order chi connectivity index (χ0) is 20.2. The summed E-state index contributed by atoms with van der Waals surface area (Å²) in [5.74, 6) is 0.961. The van der Waals surface area contributed by atoms with E-state index in [2.05, 4.69) is 97.9 Å². The summed E-state index contributed by atoms with van der Waals surface area (Å²) in [5, 5.41) is 0. The Morgan fingerprint density at radius 3 is 2.45 bits per heavy atom. The third kappa shape index (κ3) is 4.49. The molecule has 4 aromatic rings. The van der Waals surface area contributed by atoms with Crippen LogP contribution >= 0.6 is 31.9 Å². The van der Waals surface area contributed by atoms with Crippen molar-refractivity contribution in [1.82, 2.24) is 9.55 Å². The van der Waals surface area contributed by atoms with Crippen molar-refractivity contribution in [2.45, 2.75) is 39.0 Å². The first-order chi connectivity index (χ1) is 14.2. The van der Waals surface area contributed by atoms with Crippen molar-refractivity contribution < 1.29 is 0 Å². The summed E-state index contributed by atoms with van der Waals surface area (Å²) in [6.07, 6.45) is 6.32. The van der Waals surface area contributed by atoms with Gasteiger partial charge < -0.3 is 0 Å². The number of aromatic nitrogens is 2. The SMILES string of the molecule is CCCCCCc1ccc(-c2nc3ccccc3n2-c2cc(Br)ccc2Br)cc1. The molecule has 0 N–H and O–H groups in total. The minimum absolute atomic E-state index is 0.961. The van der Waals surface area contributed by atoms with Crippen LogP contribution in [-0.4, -0.2) is 9.55 Å². The molecule has 2 nitrogen and oxygen atoms in total. The van der Waals surface area contributed by atoms with Crippen LogP contribution in [0.4, 0.5) is 0 Å². The van der Waals surface area contributed by atoms with Crippen molar-refractivity contribution in [3.63, 3.8) is 0 Å². The van der Waals surface area contributed by atoms with Crippen LogP contribution in [0.15, 0.2) is 75.7 Å². The minimum atomic E-state index is 0.961. The molecule has 4 heteroatoms. The smallest absolute Gasteiger partial charge is 0.145 e. The Hall–Kier alpha value is -1.91. The molecule has 3 aromatic carbocycles. The highest BCUT2D eigenvalue weighted by Gasteiger charge is 2.16. The van der Waals surface area contributed by atoms with E-state index in [0.717, 1.165) is 43.5 Å². The van der Waals surface area contributed by atoms with Crippen LogP contribution in [0.5, 0.6) is 0 Å². The molecule has 0 aliphatic heterocycles. The highest BCUT2D eigenvalue weighted by molar-refractivity contribution is 9.11. The zero-order valence-corrected chi connectivity index (χ0v) is 19.7. The van der Waals surface area contributed by atoms with Crippen molar-refractivity contribution in [1.29, 1.82) is 0 Å². The lowest BCUT2D eigenvalue weighted by Crippen LogP contribution is -1.99. The summed E-state index contributed by atoms with van der Waals surface area (Å²) < 4.78 is 4.32. The molecule has 4 rings (SSSR count). The molecule has 0 amide bonds. The number of aryl methyl sites for hydroxylation is 1. The summed E-state index contributed by atoms with van der Waals surface area (Å²) in [6.45, 7) is 2.25. The third-order valence-electron chi connectivity index (χ3n) is 5.24. The number of imidazole rings is 1. The van der Waals surface area contributed by atoms with E-state index in [1.54, 1.807) is 0 Å². The summed E-state index contributed by atoms with van der Waals surface area (Å²) in [4.78, 5) is 4.97.